The van der Waals surface area contributed by atoms with Crippen molar-refractivity contribution in [1.82, 2.24) is 4.57 Å². The number of nitrogens with zero attached hydrogens (tertiary/aromatic N) is 2. The molecule has 0 bridgehead atoms. The van der Waals surface area contributed by atoms with Crippen molar-refractivity contribution in [2.45, 2.75) is 51.5 Å². The molecule has 1 aromatic heterocycles. The molecule has 1 heterocycles. The number of rotatable bonds is 9. The Morgan fingerprint density at radius 3 is 2.06 bits per heavy atom. The van der Waals surface area contributed by atoms with Crippen molar-refractivity contribution in [3.8, 4) is 0 Å². The number of imidazole rings is 1. The first-order valence-corrected chi connectivity index (χ1v) is 11.5. The summed E-state index contributed by atoms with van der Waals surface area (Å²) in [5.41, 5.74) is 2.59. The Labute approximate surface area is 191 Å². The predicted octanol–water partition coefficient (Wildman–Crippen LogP) is 3.36. The van der Waals surface area contributed by atoms with Gasteiger partial charge in [-0.3, -0.25) is 18.7 Å². The number of ether oxygens (including phenoxy) is 1. The molecule has 168 valence electrons. The van der Waals surface area contributed by atoms with Gasteiger partial charge in [0, 0.05) is 11.5 Å². The lowest BCUT2D eigenvalue weighted by Crippen LogP contribution is -2.56. The van der Waals surface area contributed by atoms with Gasteiger partial charge in [0.1, 0.15) is 19.7 Å². The highest BCUT2D eigenvalue weighted by Crippen LogP contribution is 2.33. The normalized spacial score (nSPS) is 13.2. The zero-order chi connectivity index (χ0) is 23.3. The van der Waals surface area contributed by atoms with E-state index < -0.39 is 19.0 Å². The van der Waals surface area contributed by atoms with Crippen molar-refractivity contribution >= 4 is 24.8 Å². The summed E-state index contributed by atoms with van der Waals surface area (Å²) in [4.78, 5) is 27.0. The highest BCUT2D eigenvalue weighted by molar-refractivity contribution is 6.57. The minimum Gasteiger partial charge on any atom is -0.471 e. The predicted molar refractivity (Wildman–Crippen MR) is 129 cm³/mol. The van der Waals surface area contributed by atoms with E-state index in [1.54, 1.807) is 0 Å². The summed E-state index contributed by atoms with van der Waals surface area (Å²) in [5, 5.41) is 0. The number of esters is 1. The quantitative estimate of drug-likeness (QED) is 0.226. The van der Waals surface area contributed by atoms with Gasteiger partial charge in [-0.1, -0.05) is 60.7 Å². The fraction of sp³-hybridized carbons (Fsp3) is 0.346. The number of Topliss-reactive ketones (excluding diaryl/α,β-unsaturated/α-hetero) is 1. The lowest BCUT2D eigenvalue weighted by molar-refractivity contribution is -0.699. The lowest BCUT2D eigenvalue weighted by atomic mass is 9.55. The van der Waals surface area contributed by atoms with Gasteiger partial charge in [-0.05, 0) is 39.1 Å². The van der Waals surface area contributed by atoms with Crippen LogP contribution in [0.4, 0.5) is 0 Å². The molecule has 0 unspecified atom stereocenters. The molecule has 3 rings (SSSR count). The molecule has 0 aliphatic carbocycles. The van der Waals surface area contributed by atoms with Gasteiger partial charge in [-0.25, -0.2) is 0 Å². The Balaban J connectivity index is 2.14. The maximum atomic E-state index is 13.8. The summed E-state index contributed by atoms with van der Waals surface area (Å²) in [5.74, 6) is -1.50. The summed E-state index contributed by atoms with van der Waals surface area (Å²) < 4.78 is 9.73. The van der Waals surface area contributed by atoms with Gasteiger partial charge in [-0.2, -0.15) is 0 Å². The van der Waals surface area contributed by atoms with Crippen LogP contribution in [-0.2, 0) is 9.53 Å². The number of carbonyl (C=O) groups is 2. The standard InChI is InChI=1S/C26H33BN2O3/c1-18(2)28-16-17-29(19(3)4)26(28)27-23(25(31)32-5)22(20-12-8-6-9-13-20)24(30)21-14-10-7-11-15-21/h6-19,22-23H,27H2,1-5H3/t22-,23-/m0/s1. The van der Waals surface area contributed by atoms with E-state index in [0.717, 1.165) is 11.3 Å². The first-order chi connectivity index (χ1) is 15.3. The number of benzene rings is 2. The molecule has 0 N–H and O–H groups in total. The van der Waals surface area contributed by atoms with Crippen molar-refractivity contribution < 1.29 is 18.9 Å². The van der Waals surface area contributed by atoms with Crippen molar-refractivity contribution in [1.29, 1.82) is 0 Å². The van der Waals surface area contributed by atoms with Crippen LogP contribution >= 0.6 is 0 Å². The third kappa shape index (κ3) is 5.01. The highest BCUT2D eigenvalue weighted by atomic mass is 16.5. The van der Waals surface area contributed by atoms with Crippen molar-refractivity contribution in [3.05, 3.63) is 84.2 Å². The van der Waals surface area contributed by atoms with E-state index in [1.165, 1.54) is 7.11 Å². The average molecular weight is 432 g/mol. The molecule has 0 aliphatic heterocycles. The molecule has 2 atom stereocenters. The Bertz CT molecular complexity index is 1020. The number of hydrogen-bond donors (Lipinski definition) is 0. The van der Waals surface area contributed by atoms with Crippen LogP contribution < -0.4 is 10.3 Å². The molecule has 6 heteroatoms. The SMILES string of the molecule is COC(=O)[C@@H]([BH2-]c1n(C(C)C)cc[n+]1C(C)C)[C@@H](C(=O)c1ccccc1)c1ccccc1. The number of methoxy groups -OCH3 is 1. The van der Waals surface area contributed by atoms with Crippen LogP contribution in [0, 0.1) is 0 Å². The summed E-state index contributed by atoms with van der Waals surface area (Å²) >= 11 is 0. The molecular weight excluding hydrogens is 399 g/mol. The zero-order valence-electron chi connectivity index (χ0n) is 19.9. The summed E-state index contributed by atoms with van der Waals surface area (Å²) in [7, 11) is 0.312. The van der Waals surface area contributed by atoms with E-state index in [1.807, 2.05) is 60.7 Å². The fourth-order valence-electron chi connectivity index (χ4n) is 4.88. The second kappa shape index (κ2) is 10.4. The molecule has 0 saturated heterocycles. The van der Waals surface area contributed by atoms with Gasteiger partial charge < -0.3 is 4.74 Å². The largest absolute Gasteiger partial charge is 0.471 e. The fourth-order valence-corrected chi connectivity index (χ4v) is 4.88. The smallest absolute Gasteiger partial charge is 0.274 e. The average Bonchev–Trinajstić information content (AvgIpc) is 3.23. The van der Waals surface area contributed by atoms with Crippen molar-refractivity contribution in [2.24, 2.45) is 0 Å². The summed E-state index contributed by atoms with van der Waals surface area (Å²) in [6, 6.07) is 19.4. The molecule has 32 heavy (non-hydrogen) atoms. The lowest BCUT2D eigenvalue weighted by Gasteiger charge is -2.29. The molecule has 3 aromatic rings. The Hall–Kier alpha value is -3.15. The number of aromatic nitrogens is 2. The highest BCUT2D eigenvalue weighted by Gasteiger charge is 2.35. The van der Waals surface area contributed by atoms with Crippen LogP contribution in [-0.4, -0.2) is 30.7 Å². The van der Waals surface area contributed by atoms with Crippen molar-refractivity contribution in [2.75, 3.05) is 7.11 Å². The second-order valence-electron chi connectivity index (χ2n) is 9.07. The maximum Gasteiger partial charge on any atom is 0.274 e. The maximum absolute atomic E-state index is 13.8. The van der Waals surface area contributed by atoms with Gasteiger partial charge in [-0.15, -0.1) is 0 Å². The van der Waals surface area contributed by atoms with E-state index in [-0.39, 0.29) is 23.8 Å². The topological polar surface area (TPSA) is 52.2 Å². The van der Waals surface area contributed by atoms with Crippen molar-refractivity contribution in [3.63, 3.8) is 0 Å². The van der Waals surface area contributed by atoms with Crippen LogP contribution in [0.15, 0.2) is 73.1 Å². The van der Waals surface area contributed by atoms with E-state index in [9.17, 15) is 9.59 Å². The Morgan fingerprint density at radius 2 is 1.53 bits per heavy atom. The molecule has 2 aromatic carbocycles. The third-order valence-electron chi connectivity index (χ3n) is 6.39. The van der Waals surface area contributed by atoms with Gasteiger partial charge in [0.15, 0.2) is 5.78 Å². The minimum atomic E-state index is -1.10. The molecule has 0 amide bonds. The molecule has 0 aliphatic rings. The molecule has 5 nitrogen and oxygen atoms in total. The zero-order valence-corrected chi connectivity index (χ0v) is 19.9. The van der Waals surface area contributed by atoms with E-state index in [4.69, 9.17) is 4.74 Å². The molecule has 0 radical (unpaired) electrons. The van der Waals surface area contributed by atoms with Gasteiger partial charge in [0.2, 0.25) is 0 Å². The monoisotopic (exact) mass is 432 g/mol. The Kier molecular flexibility index (Phi) is 7.68. The van der Waals surface area contributed by atoms with E-state index in [0.29, 0.717) is 5.56 Å². The number of hydrogen-bond acceptors (Lipinski definition) is 3. The van der Waals surface area contributed by atoms with Crippen LogP contribution in [0.25, 0.3) is 0 Å². The minimum absolute atomic E-state index is 0.0466. The molecule has 0 spiro atoms. The molecule has 0 saturated carbocycles. The van der Waals surface area contributed by atoms with E-state index >= 15 is 0 Å². The van der Waals surface area contributed by atoms with E-state index in [2.05, 4.69) is 49.2 Å². The first kappa shape index (κ1) is 23.5. The molecular formula is C26H33BN2O3. The van der Waals surface area contributed by atoms with Crippen LogP contribution in [0.1, 0.15) is 61.6 Å². The van der Waals surface area contributed by atoms with Gasteiger partial charge in [0.25, 0.3) is 5.97 Å². The second-order valence-corrected chi connectivity index (χ2v) is 9.07. The summed E-state index contributed by atoms with van der Waals surface area (Å²) in [6.07, 6.45) is 4.16. The number of carbonyl (C=O) groups excluding carboxylic acids is 2. The number of ketones is 1. The third-order valence-corrected chi connectivity index (χ3v) is 6.39. The first-order valence-electron chi connectivity index (χ1n) is 11.5. The van der Waals surface area contributed by atoms with Gasteiger partial charge >= 0.3 is 0 Å². The van der Waals surface area contributed by atoms with Gasteiger partial charge in [0.05, 0.1) is 24.9 Å². The van der Waals surface area contributed by atoms with Crippen LogP contribution in [0.5, 0.6) is 0 Å². The summed E-state index contributed by atoms with van der Waals surface area (Å²) in [6.45, 7) is 8.54. The van der Waals surface area contributed by atoms with Crippen LogP contribution in [0.2, 0.25) is 5.82 Å². The van der Waals surface area contributed by atoms with Crippen LogP contribution in [0.3, 0.4) is 0 Å². The molecule has 0 fully saturated rings. The Morgan fingerprint density at radius 1 is 0.938 bits per heavy atom.